The van der Waals surface area contributed by atoms with Crippen molar-refractivity contribution >= 4 is 10.0 Å². The minimum absolute atomic E-state index is 0.0625. The zero-order chi connectivity index (χ0) is 5.21. The van der Waals surface area contributed by atoms with Crippen molar-refractivity contribution in [2.45, 2.75) is 0 Å². The number of aliphatic hydroxyl groups excluding tert-OH is 1. The van der Waals surface area contributed by atoms with E-state index in [-0.39, 0.29) is 5.94 Å². The van der Waals surface area contributed by atoms with Crippen LogP contribution in [0.4, 0.5) is 0 Å². The lowest BCUT2D eigenvalue weighted by atomic mass is 11.7. The van der Waals surface area contributed by atoms with E-state index in [1.165, 1.54) is 0 Å². The Bertz CT molecular complexity index is 113. The molecule has 0 aromatic heterocycles. The summed E-state index contributed by atoms with van der Waals surface area (Å²) in [6.07, 6.45) is 0. The first-order chi connectivity index (χ1) is 2.56. The molecule has 0 saturated heterocycles. The zero-order valence-corrected chi connectivity index (χ0v) is 3.64. The van der Waals surface area contributed by atoms with E-state index in [0.717, 1.165) is 0 Å². The van der Waals surface area contributed by atoms with Gasteiger partial charge in [0.25, 0.3) is 0 Å². The van der Waals surface area contributed by atoms with E-state index in [1.807, 2.05) is 0 Å². The first-order valence-electron chi connectivity index (χ1n) is 1.06. The highest BCUT2D eigenvalue weighted by atomic mass is 32.2. The van der Waals surface area contributed by atoms with Crippen molar-refractivity contribution in [2.75, 3.05) is 0 Å². The van der Waals surface area contributed by atoms with Crippen LogP contribution in [0.3, 0.4) is 0 Å². The lowest BCUT2D eigenvalue weighted by Crippen LogP contribution is -2.10. The molecule has 0 spiro atoms. The van der Waals surface area contributed by atoms with Gasteiger partial charge in [-0.2, -0.15) is 0 Å². The molecule has 0 rings (SSSR count). The topological polar surface area (TPSA) is 80.4 Å². The molecule has 0 aliphatic rings. The van der Waals surface area contributed by atoms with Gasteiger partial charge >= 0.3 is 0 Å². The molecule has 0 unspecified atom stereocenters. The number of nitrogens with two attached hydrogens (primary N) is 1. The fourth-order valence-electron chi connectivity index (χ4n) is 0. The molecule has 0 atom stereocenters. The van der Waals surface area contributed by atoms with E-state index in [1.54, 1.807) is 0 Å². The zero-order valence-electron chi connectivity index (χ0n) is 2.83. The summed E-state index contributed by atoms with van der Waals surface area (Å²) in [6, 6.07) is 0. The van der Waals surface area contributed by atoms with Crippen LogP contribution in [0.25, 0.3) is 0 Å². The normalized spacial score (nSPS) is 11.7. The Morgan fingerprint density at radius 3 is 1.83 bits per heavy atom. The fourth-order valence-corrected chi connectivity index (χ4v) is 0. The third kappa shape index (κ3) is 3.87. The summed E-state index contributed by atoms with van der Waals surface area (Å²) in [5.41, 5.74) is 0. The molecule has 0 aromatic rings. The minimum Gasteiger partial charge on any atom is -0.373 e. The summed E-state index contributed by atoms with van der Waals surface area (Å²) in [4.78, 5) is 0. The Labute approximate surface area is 35.6 Å². The molecule has 37 valence electrons. The molecule has 4 nitrogen and oxygen atoms in total. The molecular weight excluding hydrogens is 106 g/mol. The maximum atomic E-state index is 9.47. The third-order valence-corrected chi connectivity index (χ3v) is 0.441. The average molecular weight is 110 g/mol. The van der Waals surface area contributed by atoms with Crippen molar-refractivity contribution in [3.63, 3.8) is 0 Å². The molecule has 0 aliphatic carbocycles. The highest BCUT2D eigenvalue weighted by molar-refractivity contribution is 7.90. The average Bonchev–Trinajstić information content (AvgIpc) is 1.35. The van der Waals surface area contributed by atoms with E-state index < -0.39 is 10.0 Å². The van der Waals surface area contributed by atoms with E-state index in [4.69, 9.17) is 5.11 Å². The molecule has 0 amide bonds. The number of rotatable bonds is 1. The van der Waals surface area contributed by atoms with E-state index in [0.29, 0.717) is 0 Å². The maximum Gasteiger partial charge on any atom is 0.239 e. The van der Waals surface area contributed by atoms with Gasteiger partial charge in [-0.25, -0.2) is 13.6 Å². The van der Waals surface area contributed by atoms with Crippen LogP contribution in [0, 0.1) is 5.94 Å². The first kappa shape index (κ1) is 5.87. The molecule has 0 fully saturated rings. The van der Waals surface area contributed by atoms with Gasteiger partial charge in [-0.15, -0.1) is 0 Å². The second-order valence-corrected chi connectivity index (χ2v) is 2.08. The summed E-state index contributed by atoms with van der Waals surface area (Å²) in [5.74, 6) is -0.0625. The van der Waals surface area contributed by atoms with Crippen LogP contribution in [0.15, 0.2) is 0 Å². The number of primary sulfonamides is 1. The van der Waals surface area contributed by atoms with Crippen LogP contribution in [0.2, 0.25) is 0 Å². The predicted octanol–water partition coefficient (Wildman–Crippen LogP) is -1.23. The summed E-state index contributed by atoms with van der Waals surface area (Å²) in [7, 11) is -3.73. The number of aliphatic hydroxyl groups is 1. The second kappa shape index (κ2) is 1.55. The van der Waals surface area contributed by atoms with Gasteiger partial charge < -0.3 is 5.11 Å². The van der Waals surface area contributed by atoms with Crippen LogP contribution in [0.5, 0.6) is 0 Å². The number of hydrogen-bond acceptors (Lipinski definition) is 3. The molecule has 0 heterocycles. The van der Waals surface area contributed by atoms with E-state index in [9.17, 15) is 8.42 Å². The molecule has 0 bridgehead atoms. The van der Waals surface area contributed by atoms with Gasteiger partial charge in [0.05, 0.1) is 0 Å². The SMILES string of the molecule is NS(=O)(=O)[CH]O. The lowest BCUT2D eigenvalue weighted by Gasteiger charge is -1.79. The fraction of sp³-hybridized carbons (Fsp3) is 0. The molecule has 0 saturated carbocycles. The molecule has 1 radical (unpaired) electrons. The molecule has 0 aromatic carbocycles. The van der Waals surface area contributed by atoms with Gasteiger partial charge in [-0.05, 0) is 0 Å². The standard InChI is InChI=1S/CH4NO3S/c2-6(4,5)1-3/h1,3H,(H2,2,4,5). The Balaban J connectivity index is 3.85. The quantitative estimate of drug-likeness (QED) is 0.443. The van der Waals surface area contributed by atoms with E-state index in [2.05, 4.69) is 5.14 Å². The Morgan fingerprint density at radius 1 is 1.67 bits per heavy atom. The molecule has 3 N–H and O–H groups in total. The van der Waals surface area contributed by atoms with Gasteiger partial charge in [-0.3, -0.25) is 0 Å². The Kier molecular flexibility index (Phi) is 1.51. The van der Waals surface area contributed by atoms with Crippen molar-refractivity contribution in [1.82, 2.24) is 0 Å². The third-order valence-electron chi connectivity index (χ3n) is 0.147. The molecule has 6 heavy (non-hydrogen) atoms. The van der Waals surface area contributed by atoms with Crippen molar-refractivity contribution in [1.29, 1.82) is 0 Å². The van der Waals surface area contributed by atoms with Crippen molar-refractivity contribution in [3.05, 3.63) is 5.94 Å². The van der Waals surface area contributed by atoms with Crippen LogP contribution < -0.4 is 5.14 Å². The number of sulfonamides is 1. The molecule has 0 aliphatic heterocycles. The van der Waals surface area contributed by atoms with Crippen LogP contribution >= 0.6 is 0 Å². The smallest absolute Gasteiger partial charge is 0.239 e. The van der Waals surface area contributed by atoms with Crippen LogP contribution in [-0.4, -0.2) is 13.5 Å². The van der Waals surface area contributed by atoms with Gasteiger partial charge in [0.1, 0.15) is 0 Å². The lowest BCUT2D eigenvalue weighted by molar-refractivity contribution is 0.428. The number of hydrogen-bond donors (Lipinski definition) is 2. The first-order valence-corrected chi connectivity index (χ1v) is 2.67. The van der Waals surface area contributed by atoms with Crippen molar-refractivity contribution in [3.8, 4) is 0 Å². The summed E-state index contributed by atoms with van der Waals surface area (Å²) in [6.45, 7) is 0. The van der Waals surface area contributed by atoms with Gasteiger partial charge in [0.15, 0.2) is 0 Å². The monoisotopic (exact) mass is 110 g/mol. The summed E-state index contributed by atoms with van der Waals surface area (Å²) in [5, 5.41) is 11.8. The van der Waals surface area contributed by atoms with E-state index >= 15 is 0 Å². The van der Waals surface area contributed by atoms with Gasteiger partial charge in [0.2, 0.25) is 16.0 Å². The Hall–Kier alpha value is -0.130. The summed E-state index contributed by atoms with van der Waals surface area (Å²) >= 11 is 0. The Morgan fingerprint density at radius 2 is 1.83 bits per heavy atom. The van der Waals surface area contributed by atoms with Crippen LogP contribution in [-0.2, 0) is 10.0 Å². The molecule has 5 heteroatoms. The van der Waals surface area contributed by atoms with Crippen molar-refractivity contribution < 1.29 is 13.5 Å². The van der Waals surface area contributed by atoms with Gasteiger partial charge in [-0.1, -0.05) is 0 Å². The van der Waals surface area contributed by atoms with Gasteiger partial charge in [0, 0.05) is 0 Å². The highest BCUT2D eigenvalue weighted by Crippen LogP contribution is 1.72. The maximum absolute atomic E-state index is 9.47. The van der Waals surface area contributed by atoms with Crippen molar-refractivity contribution in [2.24, 2.45) is 5.14 Å². The predicted molar refractivity (Wildman–Crippen MR) is 19.3 cm³/mol. The molecular formula is CH4NO3S. The highest BCUT2D eigenvalue weighted by Gasteiger charge is 1.94. The largest absolute Gasteiger partial charge is 0.373 e. The second-order valence-electron chi connectivity index (χ2n) is 0.694. The summed E-state index contributed by atoms with van der Waals surface area (Å²) < 4.78 is 18.9. The minimum atomic E-state index is -3.73. The van der Waals surface area contributed by atoms with Crippen LogP contribution in [0.1, 0.15) is 0 Å².